The van der Waals surface area contributed by atoms with Gasteiger partial charge in [0.1, 0.15) is 0 Å². The smallest absolute Gasteiger partial charge is 0.0641 e. The first-order chi connectivity index (χ1) is 7.57. The number of aliphatic hydroxyl groups excluding tert-OH is 1. The molecule has 2 aliphatic rings. The molecule has 0 bridgehead atoms. The van der Waals surface area contributed by atoms with Crippen LogP contribution in [-0.2, 0) is 4.74 Å². The summed E-state index contributed by atoms with van der Waals surface area (Å²) in [6, 6.07) is 0.566. The van der Waals surface area contributed by atoms with Gasteiger partial charge in [0.2, 0.25) is 0 Å². The molecular formula is C13H25NO2. The van der Waals surface area contributed by atoms with E-state index in [-0.39, 0.29) is 11.7 Å². The molecule has 2 fully saturated rings. The highest BCUT2D eigenvalue weighted by Gasteiger charge is 2.30. The minimum Gasteiger partial charge on any atom is -0.393 e. The van der Waals surface area contributed by atoms with Crippen LogP contribution >= 0.6 is 0 Å². The lowest BCUT2D eigenvalue weighted by molar-refractivity contribution is -0.0635. The first kappa shape index (κ1) is 12.3. The van der Waals surface area contributed by atoms with Gasteiger partial charge in [-0.25, -0.2) is 0 Å². The Kier molecular flexibility index (Phi) is 3.88. The number of nitrogens with one attached hydrogen (secondary N) is 1. The molecule has 0 radical (unpaired) electrons. The SMILES string of the molecule is CC1(C)CC(NCC2CCCC2O)CCO1. The second-order valence-corrected chi connectivity index (χ2v) is 5.96. The van der Waals surface area contributed by atoms with Gasteiger partial charge in [0, 0.05) is 19.2 Å². The van der Waals surface area contributed by atoms with Crippen molar-refractivity contribution in [1.29, 1.82) is 0 Å². The first-order valence-corrected chi connectivity index (χ1v) is 6.62. The molecule has 0 aromatic rings. The minimum absolute atomic E-state index is 0.0181. The van der Waals surface area contributed by atoms with Crippen LogP contribution < -0.4 is 5.32 Å². The van der Waals surface area contributed by atoms with Crippen LogP contribution in [0.25, 0.3) is 0 Å². The molecule has 1 saturated heterocycles. The van der Waals surface area contributed by atoms with Crippen LogP contribution in [0.2, 0.25) is 0 Å². The summed E-state index contributed by atoms with van der Waals surface area (Å²) < 4.78 is 5.70. The molecule has 1 aliphatic heterocycles. The second-order valence-electron chi connectivity index (χ2n) is 5.96. The fourth-order valence-electron chi connectivity index (χ4n) is 2.98. The van der Waals surface area contributed by atoms with E-state index < -0.39 is 0 Å². The highest BCUT2D eigenvalue weighted by Crippen LogP contribution is 2.27. The first-order valence-electron chi connectivity index (χ1n) is 6.62. The van der Waals surface area contributed by atoms with Gasteiger partial charge < -0.3 is 15.2 Å². The Morgan fingerprint density at radius 3 is 2.75 bits per heavy atom. The lowest BCUT2D eigenvalue weighted by Crippen LogP contribution is -2.45. The van der Waals surface area contributed by atoms with E-state index in [9.17, 15) is 5.11 Å². The number of rotatable bonds is 3. The maximum absolute atomic E-state index is 9.76. The van der Waals surface area contributed by atoms with Crippen molar-refractivity contribution >= 4 is 0 Å². The van der Waals surface area contributed by atoms with Crippen molar-refractivity contribution in [3.8, 4) is 0 Å². The van der Waals surface area contributed by atoms with Crippen molar-refractivity contribution < 1.29 is 9.84 Å². The normalized spacial score (nSPS) is 38.8. The third-order valence-electron chi connectivity index (χ3n) is 3.98. The van der Waals surface area contributed by atoms with Gasteiger partial charge in [0.25, 0.3) is 0 Å². The second kappa shape index (κ2) is 5.03. The molecule has 94 valence electrons. The lowest BCUT2D eigenvalue weighted by Gasteiger charge is -2.36. The van der Waals surface area contributed by atoms with Gasteiger partial charge in [0.05, 0.1) is 11.7 Å². The molecule has 0 amide bonds. The third kappa shape index (κ3) is 3.19. The van der Waals surface area contributed by atoms with E-state index in [0.717, 1.165) is 32.4 Å². The van der Waals surface area contributed by atoms with E-state index in [0.29, 0.717) is 12.0 Å². The lowest BCUT2D eigenvalue weighted by atomic mass is 9.93. The topological polar surface area (TPSA) is 41.5 Å². The summed E-state index contributed by atoms with van der Waals surface area (Å²) in [7, 11) is 0. The molecule has 3 heteroatoms. The van der Waals surface area contributed by atoms with Crippen molar-refractivity contribution in [2.45, 2.75) is 63.7 Å². The predicted octanol–water partition coefficient (Wildman–Crippen LogP) is 1.69. The molecule has 0 spiro atoms. The van der Waals surface area contributed by atoms with Gasteiger partial charge >= 0.3 is 0 Å². The quantitative estimate of drug-likeness (QED) is 0.771. The zero-order valence-electron chi connectivity index (χ0n) is 10.5. The third-order valence-corrected chi connectivity index (χ3v) is 3.98. The summed E-state index contributed by atoms with van der Waals surface area (Å²) in [6.45, 7) is 6.15. The van der Waals surface area contributed by atoms with Crippen LogP contribution in [0.1, 0.15) is 46.0 Å². The molecule has 1 heterocycles. The van der Waals surface area contributed by atoms with Gasteiger partial charge in [-0.3, -0.25) is 0 Å². The Labute approximate surface area is 98.6 Å². The van der Waals surface area contributed by atoms with Gasteiger partial charge in [-0.2, -0.15) is 0 Å². The van der Waals surface area contributed by atoms with Crippen LogP contribution in [-0.4, -0.2) is 36.0 Å². The molecule has 1 aliphatic carbocycles. The molecule has 0 aromatic carbocycles. The monoisotopic (exact) mass is 227 g/mol. The summed E-state index contributed by atoms with van der Waals surface area (Å²) in [6.07, 6.45) is 5.47. The number of hydrogen-bond donors (Lipinski definition) is 2. The Hall–Kier alpha value is -0.120. The van der Waals surface area contributed by atoms with E-state index in [1.54, 1.807) is 0 Å². The zero-order chi connectivity index (χ0) is 11.6. The Morgan fingerprint density at radius 1 is 1.31 bits per heavy atom. The summed E-state index contributed by atoms with van der Waals surface area (Å²) in [5.74, 6) is 0.478. The standard InChI is InChI=1S/C13H25NO2/c1-13(2)8-11(6-7-16-13)14-9-10-4-3-5-12(10)15/h10-12,14-15H,3-9H2,1-2H3. The van der Waals surface area contributed by atoms with Crippen LogP contribution in [0.15, 0.2) is 0 Å². The summed E-state index contributed by atoms with van der Waals surface area (Å²) in [5.41, 5.74) is 0.0181. The Balaban J connectivity index is 1.73. The van der Waals surface area contributed by atoms with Crippen LogP contribution in [0.3, 0.4) is 0 Å². The summed E-state index contributed by atoms with van der Waals surface area (Å²) in [5, 5.41) is 13.4. The molecule has 3 nitrogen and oxygen atoms in total. The fourth-order valence-corrected chi connectivity index (χ4v) is 2.98. The molecule has 0 aromatic heterocycles. The van der Waals surface area contributed by atoms with E-state index in [1.807, 2.05) is 0 Å². The molecule has 1 saturated carbocycles. The number of aliphatic hydroxyl groups is 1. The van der Waals surface area contributed by atoms with Crippen molar-refractivity contribution in [2.75, 3.05) is 13.2 Å². The zero-order valence-corrected chi connectivity index (χ0v) is 10.5. The highest BCUT2D eigenvalue weighted by atomic mass is 16.5. The maximum atomic E-state index is 9.76. The minimum atomic E-state index is -0.0691. The van der Waals surface area contributed by atoms with Gasteiger partial charge in [0.15, 0.2) is 0 Å². The largest absolute Gasteiger partial charge is 0.393 e. The van der Waals surface area contributed by atoms with Gasteiger partial charge in [-0.05, 0) is 45.4 Å². The molecule has 3 unspecified atom stereocenters. The maximum Gasteiger partial charge on any atom is 0.0641 e. The van der Waals surface area contributed by atoms with E-state index in [4.69, 9.17) is 4.74 Å². The van der Waals surface area contributed by atoms with Crippen LogP contribution in [0.4, 0.5) is 0 Å². The average Bonchev–Trinajstić information content (AvgIpc) is 2.60. The Morgan fingerprint density at radius 2 is 2.12 bits per heavy atom. The van der Waals surface area contributed by atoms with E-state index >= 15 is 0 Å². The Bertz CT molecular complexity index is 230. The predicted molar refractivity (Wildman–Crippen MR) is 64.4 cm³/mol. The summed E-state index contributed by atoms with van der Waals surface area (Å²) >= 11 is 0. The van der Waals surface area contributed by atoms with Crippen molar-refractivity contribution in [2.24, 2.45) is 5.92 Å². The van der Waals surface area contributed by atoms with E-state index in [1.165, 1.54) is 12.8 Å². The molecule has 2 N–H and O–H groups in total. The molecule has 16 heavy (non-hydrogen) atoms. The highest BCUT2D eigenvalue weighted by molar-refractivity contribution is 4.85. The molecule has 2 rings (SSSR count). The van der Waals surface area contributed by atoms with Crippen molar-refractivity contribution in [3.05, 3.63) is 0 Å². The average molecular weight is 227 g/mol. The molecular weight excluding hydrogens is 202 g/mol. The molecule has 3 atom stereocenters. The fraction of sp³-hybridized carbons (Fsp3) is 1.00. The number of ether oxygens (including phenoxy) is 1. The van der Waals surface area contributed by atoms with Crippen molar-refractivity contribution in [3.63, 3.8) is 0 Å². The van der Waals surface area contributed by atoms with Crippen LogP contribution in [0, 0.1) is 5.92 Å². The van der Waals surface area contributed by atoms with Crippen molar-refractivity contribution in [1.82, 2.24) is 5.32 Å². The van der Waals surface area contributed by atoms with Gasteiger partial charge in [-0.1, -0.05) is 6.42 Å². The van der Waals surface area contributed by atoms with Crippen LogP contribution in [0.5, 0.6) is 0 Å². The summed E-state index contributed by atoms with van der Waals surface area (Å²) in [4.78, 5) is 0. The van der Waals surface area contributed by atoms with Gasteiger partial charge in [-0.15, -0.1) is 0 Å². The van der Waals surface area contributed by atoms with E-state index in [2.05, 4.69) is 19.2 Å². The number of hydrogen-bond acceptors (Lipinski definition) is 3.